The number of hydrogen-bond acceptors (Lipinski definition) is 4. The fourth-order valence-corrected chi connectivity index (χ4v) is 7.99. The zero-order valence-corrected chi connectivity index (χ0v) is 30.2. The van der Waals surface area contributed by atoms with E-state index >= 15 is 0 Å². The quantitative estimate of drug-likeness (QED) is 0.172. The van der Waals surface area contributed by atoms with E-state index in [0.717, 1.165) is 67.2 Å². The number of hydrogen-bond donors (Lipinski definition) is 0. The van der Waals surface area contributed by atoms with Crippen LogP contribution in [0.1, 0.15) is 0 Å². The van der Waals surface area contributed by atoms with Crippen molar-refractivity contribution in [1.82, 2.24) is 19.5 Å². The Hall–Kier alpha value is -7.63. The van der Waals surface area contributed by atoms with Crippen molar-refractivity contribution in [3.63, 3.8) is 0 Å². The van der Waals surface area contributed by atoms with E-state index in [1.54, 1.807) is 0 Å². The zero-order valence-electron chi connectivity index (χ0n) is 30.2. The third-order valence-electron chi connectivity index (χ3n) is 10.6. The maximum Gasteiger partial charge on any atom is 0.164 e. The van der Waals surface area contributed by atoms with Crippen molar-refractivity contribution < 1.29 is 4.74 Å². The molecule has 10 aromatic rings. The Kier molecular flexibility index (Phi) is 7.42. The summed E-state index contributed by atoms with van der Waals surface area (Å²) in [7, 11) is 0. The van der Waals surface area contributed by atoms with Gasteiger partial charge in [-0.15, -0.1) is 0 Å². The van der Waals surface area contributed by atoms with E-state index in [-0.39, 0.29) is 0 Å². The highest BCUT2D eigenvalue weighted by atomic mass is 16.5. The summed E-state index contributed by atoms with van der Waals surface area (Å²) in [6.45, 7) is 0. The van der Waals surface area contributed by atoms with Crippen LogP contribution in [0.5, 0.6) is 11.5 Å². The van der Waals surface area contributed by atoms with Crippen molar-refractivity contribution in [3.05, 3.63) is 194 Å². The van der Waals surface area contributed by atoms with Gasteiger partial charge in [0.1, 0.15) is 0 Å². The summed E-state index contributed by atoms with van der Waals surface area (Å²) in [5.41, 5.74) is 12.9. The number of para-hydroxylation sites is 2. The van der Waals surface area contributed by atoms with Gasteiger partial charge in [0.05, 0.1) is 16.7 Å². The van der Waals surface area contributed by atoms with Gasteiger partial charge in [0.15, 0.2) is 29.0 Å². The molecule has 0 unspecified atom stereocenters. The molecule has 0 aliphatic carbocycles. The van der Waals surface area contributed by atoms with Crippen molar-refractivity contribution in [3.8, 4) is 84.7 Å². The van der Waals surface area contributed by atoms with Crippen LogP contribution in [0, 0.1) is 0 Å². The normalized spacial score (nSPS) is 11.7. The number of nitrogens with zero attached hydrogens (tertiary/aromatic N) is 4. The molecule has 5 nitrogen and oxygen atoms in total. The van der Waals surface area contributed by atoms with Crippen molar-refractivity contribution in [2.75, 3.05) is 0 Å². The Morgan fingerprint density at radius 3 is 1.50 bits per heavy atom. The van der Waals surface area contributed by atoms with E-state index < -0.39 is 0 Å². The van der Waals surface area contributed by atoms with Crippen LogP contribution in [-0.4, -0.2) is 19.5 Å². The molecule has 262 valence electrons. The van der Waals surface area contributed by atoms with E-state index in [2.05, 4.69) is 126 Å². The highest BCUT2D eigenvalue weighted by Crippen LogP contribution is 2.49. The van der Waals surface area contributed by atoms with Gasteiger partial charge < -0.3 is 9.30 Å². The van der Waals surface area contributed by atoms with Gasteiger partial charge in [-0.25, -0.2) is 15.0 Å². The minimum atomic E-state index is 0.633. The molecule has 0 spiro atoms. The monoisotopic (exact) mass is 716 g/mol. The number of benzene rings is 8. The summed E-state index contributed by atoms with van der Waals surface area (Å²) in [5, 5.41) is 2.37. The highest BCUT2D eigenvalue weighted by Gasteiger charge is 2.26. The van der Waals surface area contributed by atoms with Crippen LogP contribution in [0.3, 0.4) is 0 Å². The number of fused-ring (bicyclic) bond motifs is 5. The van der Waals surface area contributed by atoms with Crippen LogP contribution in [0.2, 0.25) is 0 Å². The van der Waals surface area contributed by atoms with Crippen LogP contribution in [0.15, 0.2) is 194 Å². The summed E-state index contributed by atoms with van der Waals surface area (Å²) < 4.78 is 8.88. The Labute approximate surface area is 323 Å². The first-order chi connectivity index (χ1) is 27.7. The highest BCUT2D eigenvalue weighted by molar-refractivity contribution is 6.19. The number of ether oxygens (including phenoxy) is 1. The van der Waals surface area contributed by atoms with Crippen molar-refractivity contribution >= 4 is 21.8 Å². The lowest BCUT2D eigenvalue weighted by atomic mass is 9.95. The van der Waals surface area contributed by atoms with Crippen LogP contribution < -0.4 is 4.74 Å². The molecule has 0 bridgehead atoms. The van der Waals surface area contributed by atoms with Gasteiger partial charge in [0.2, 0.25) is 0 Å². The van der Waals surface area contributed by atoms with Crippen molar-refractivity contribution in [2.45, 2.75) is 0 Å². The molecule has 0 saturated carbocycles. The summed E-state index contributed by atoms with van der Waals surface area (Å²) in [4.78, 5) is 14.8. The van der Waals surface area contributed by atoms with Crippen LogP contribution in [-0.2, 0) is 0 Å². The largest absolute Gasteiger partial charge is 0.453 e. The second-order valence-electron chi connectivity index (χ2n) is 14.0. The fraction of sp³-hybridized carbons (Fsp3) is 0. The minimum absolute atomic E-state index is 0.633. The molecule has 1 aliphatic heterocycles. The summed E-state index contributed by atoms with van der Waals surface area (Å²) >= 11 is 0. The molecule has 5 heteroatoms. The van der Waals surface area contributed by atoms with Crippen molar-refractivity contribution in [2.24, 2.45) is 0 Å². The van der Waals surface area contributed by atoms with Gasteiger partial charge in [-0.2, -0.15) is 0 Å². The summed E-state index contributed by atoms with van der Waals surface area (Å²) in [6, 6.07) is 67.5. The van der Waals surface area contributed by atoms with Gasteiger partial charge in [-0.3, -0.25) is 0 Å². The van der Waals surface area contributed by atoms with Crippen LogP contribution in [0.4, 0.5) is 0 Å². The average Bonchev–Trinajstić information content (AvgIpc) is 3.63. The molecule has 0 N–H and O–H groups in total. The minimum Gasteiger partial charge on any atom is -0.453 e. The second kappa shape index (κ2) is 13.0. The van der Waals surface area contributed by atoms with Crippen LogP contribution in [0.25, 0.3) is 95.0 Å². The second-order valence-corrected chi connectivity index (χ2v) is 14.0. The number of rotatable bonds is 6. The predicted octanol–water partition coefficient (Wildman–Crippen LogP) is 13.1. The van der Waals surface area contributed by atoms with Gasteiger partial charge in [0.25, 0.3) is 0 Å². The fourth-order valence-electron chi connectivity index (χ4n) is 7.99. The first kappa shape index (κ1) is 31.9. The lowest BCUT2D eigenvalue weighted by Crippen LogP contribution is -2.03. The predicted molar refractivity (Wildman–Crippen MR) is 227 cm³/mol. The molecule has 0 fully saturated rings. The van der Waals surface area contributed by atoms with Crippen molar-refractivity contribution in [1.29, 1.82) is 0 Å². The maximum atomic E-state index is 6.52. The van der Waals surface area contributed by atoms with E-state index in [1.165, 1.54) is 21.9 Å². The molecule has 2 aromatic heterocycles. The first-order valence-electron chi connectivity index (χ1n) is 18.8. The average molecular weight is 717 g/mol. The lowest BCUT2D eigenvalue weighted by molar-refractivity contribution is 0.476. The standard InChI is InChI=1S/C51H32N4O/c1-4-14-33(15-5-1)41-27-29-46-48-47(41)42-32-39(26-28-43(42)55(48)44-24-10-11-25-45(44)56-46)37-21-12-20-36(30-37)38-22-13-23-40(31-38)51-53-49(34-16-6-2-7-17-34)52-50(54-51)35-18-8-3-9-19-35/h1-32H. The molecule has 56 heavy (non-hydrogen) atoms. The van der Waals surface area contributed by atoms with Crippen LogP contribution >= 0.6 is 0 Å². The SMILES string of the molecule is c1ccc(-c2nc(-c3ccccc3)nc(-c3cccc(-c4cccc(-c5ccc6c(c5)c5c(-c7ccccc7)ccc7c5n6-c5ccccc5O7)c4)c3)n2)cc1. The smallest absolute Gasteiger partial charge is 0.164 e. The molecule has 0 radical (unpaired) electrons. The van der Waals surface area contributed by atoms with Gasteiger partial charge in [0, 0.05) is 27.5 Å². The third-order valence-corrected chi connectivity index (χ3v) is 10.6. The molecule has 0 atom stereocenters. The van der Waals surface area contributed by atoms with E-state index in [1.807, 2.05) is 72.8 Å². The topological polar surface area (TPSA) is 52.8 Å². The molecule has 3 heterocycles. The van der Waals surface area contributed by atoms with E-state index in [0.29, 0.717) is 17.5 Å². The molecular formula is C51H32N4O. The van der Waals surface area contributed by atoms with Gasteiger partial charge in [-0.05, 0) is 81.9 Å². The molecule has 0 saturated heterocycles. The van der Waals surface area contributed by atoms with Gasteiger partial charge >= 0.3 is 0 Å². The Bertz CT molecular complexity index is 3040. The lowest BCUT2D eigenvalue weighted by Gasteiger charge is -2.21. The molecule has 11 rings (SSSR count). The molecular weight excluding hydrogens is 685 g/mol. The zero-order chi connectivity index (χ0) is 37.0. The molecule has 8 aromatic carbocycles. The van der Waals surface area contributed by atoms with E-state index in [4.69, 9.17) is 19.7 Å². The Balaban J connectivity index is 1.03. The molecule has 0 amide bonds. The number of aromatic nitrogens is 4. The summed E-state index contributed by atoms with van der Waals surface area (Å²) in [5.74, 6) is 3.64. The van der Waals surface area contributed by atoms with E-state index in [9.17, 15) is 0 Å². The maximum absolute atomic E-state index is 6.52. The van der Waals surface area contributed by atoms with Gasteiger partial charge in [-0.1, -0.05) is 146 Å². The third kappa shape index (κ3) is 5.37. The summed E-state index contributed by atoms with van der Waals surface area (Å²) in [6.07, 6.45) is 0. The Morgan fingerprint density at radius 2 is 0.857 bits per heavy atom. The molecule has 1 aliphatic rings. The Morgan fingerprint density at radius 1 is 0.357 bits per heavy atom. The first-order valence-corrected chi connectivity index (χ1v) is 18.8.